The Morgan fingerprint density at radius 1 is 0.927 bits per heavy atom. The second-order valence-electron chi connectivity index (χ2n) is 9.10. The molecule has 0 amide bonds. The van der Waals surface area contributed by atoms with Crippen LogP contribution in [0.5, 0.6) is 11.5 Å². The topological polar surface area (TPSA) is 108 Å². The lowest BCUT2D eigenvalue weighted by atomic mass is 9.90. The number of nitrogens with zero attached hydrogens (tertiary/aromatic N) is 1. The first-order valence-electron chi connectivity index (χ1n) is 13.0. The summed E-state index contributed by atoms with van der Waals surface area (Å²) in [6.45, 7) is 1.85. The molecule has 3 aromatic carbocycles. The van der Waals surface area contributed by atoms with Crippen molar-refractivity contribution in [3.05, 3.63) is 103 Å². The Kier molecular flexibility index (Phi) is 9.74. The molecule has 0 saturated carbocycles. The Bertz CT molecular complexity index is 1450. The molecular weight excluding hydrogens is 553 g/mol. The van der Waals surface area contributed by atoms with Crippen LogP contribution in [-0.4, -0.2) is 50.0 Å². The zero-order chi connectivity index (χ0) is 29.3. The van der Waals surface area contributed by atoms with Crippen molar-refractivity contribution < 1.29 is 41.3 Å². The molecule has 0 atom stereocenters. The van der Waals surface area contributed by atoms with E-state index in [4.69, 9.17) is 18.9 Å². The van der Waals surface area contributed by atoms with Gasteiger partial charge in [0.2, 0.25) is 0 Å². The van der Waals surface area contributed by atoms with Gasteiger partial charge < -0.3 is 18.9 Å². The molecule has 0 aromatic heterocycles. The van der Waals surface area contributed by atoms with Crippen molar-refractivity contribution in [3.8, 4) is 11.5 Å². The number of rotatable bonds is 11. The van der Waals surface area contributed by atoms with Crippen molar-refractivity contribution in [2.24, 2.45) is 0 Å². The van der Waals surface area contributed by atoms with Gasteiger partial charge in [0.15, 0.2) is 5.54 Å². The van der Waals surface area contributed by atoms with Crippen molar-refractivity contribution in [1.82, 2.24) is 4.31 Å². The summed E-state index contributed by atoms with van der Waals surface area (Å²) >= 11 is 0. The minimum atomic E-state index is -4.42. The molecule has 216 valence electrons. The number of hydrogen-bond acceptors (Lipinski definition) is 8. The number of ether oxygens (including phenoxy) is 4. The number of hydrogen-bond donors (Lipinski definition) is 0. The van der Waals surface area contributed by atoms with Gasteiger partial charge in [0, 0.05) is 38.3 Å². The highest BCUT2D eigenvalue weighted by Gasteiger charge is 2.51. The normalized spacial score (nSPS) is 14.8. The van der Waals surface area contributed by atoms with Gasteiger partial charge in [-0.25, -0.2) is 22.4 Å². The standard InChI is InChI=1S/C30H30FNO8S/c1-2-38-28(33)16-19-32(30(17-20-37-21-18-30)29(34)39-22-23-6-4-3-5-7-23)41(35,36)27-14-12-26(13-15-27)40-25-10-8-24(31)9-11-25/h3-16,19H,2,17-18,20-22H2,1H3. The number of carbonyl (C=O) groups is 2. The van der Waals surface area contributed by atoms with Gasteiger partial charge in [-0.15, -0.1) is 0 Å². The summed E-state index contributed by atoms with van der Waals surface area (Å²) in [5, 5.41) is 0. The Labute approximate surface area is 238 Å². The first kappa shape index (κ1) is 29.8. The number of benzene rings is 3. The van der Waals surface area contributed by atoms with Crippen molar-refractivity contribution in [2.45, 2.75) is 36.8 Å². The zero-order valence-corrected chi connectivity index (χ0v) is 23.2. The molecule has 0 spiro atoms. The number of esters is 2. The molecule has 0 aliphatic carbocycles. The second-order valence-corrected chi connectivity index (χ2v) is 10.9. The average molecular weight is 584 g/mol. The maximum Gasteiger partial charge on any atom is 0.333 e. The number of sulfonamides is 1. The molecule has 1 aliphatic heterocycles. The molecule has 41 heavy (non-hydrogen) atoms. The molecular formula is C30H30FNO8S. The van der Waals surface area contributed by atoms with Gasteiger partial charge in [-0.2, -0.15) is 0 Å². The third-order valence-corrected chi connectivity index (χ3v) is 8.25. The Hall–Kier alpha value is -4.22. The fourth-order valence-corrected chi connectivity index (χ4v) is 5.93. The molecule has 0 bridgehead atoms. The van der Waals surface area contributed by atoms with Crippen LogP contribution in [0.1, 0.15) is 25.3 Å². The predicted octanol–water partition coefficient (Wildman–Crippen LogP) is 4.98. The summed E-state index contributed by atoms with van der Waals surface area (Å²) in [6.07, 6.45) is 2.01. The maximum atomic E-state index is 14.1. The molecule has 1 saturated heterocycles. The first-order valence-corrected chi connectivity index (χ1v) is 14.4. The average Bonchev–Trinajstić information content (AvgIpc) is 2.98. The van der Waals surface area contributed by atoms with E-state index in [1.807, 2.05) is 6.07 Å². The quantitative estimate of drug-likeness (QED) is 0.230. The third-order valence-electron chi connectivity index (χ3n) is 6.40. The van der Waals surface area contributed by atoms with E-state index in [-0.39, 0.29) is 44.2 Å². The van der Waals surface area contributed by atoms with Gasteiger partial charge in [0.05, 0.1) is 11.5 Å². The number of halogens is 1. The summed E-state index contributed by atoms with van der Waals surface area (Å²) in [7, 11) is -4.42. The van der Waals surface area contributed by atoms with E-state index >= 15 is 0 Å². The largest absolute Gasteiger partial charge is 0.463 e. The molecule has 0 unspecified atom stereocenters. The summed E-state index contributed by atoms with van der Waals surface area (Å²) in [4.78, 5) is 25.7. The molecule has 3 aromatic rings. The lowest BCUT2D eigenvalue weighted by molar-refractivity contribution is -0.161. The first-order chi connectivity index (χ1) is 19.7. The summed E-state index contributed by atoms with van der Waals surface area (Å²) in [5.74, 6) is -1.27. The van der Waals surface area contributed by atoms with Crippen LogP contribution in [0, 0.1) is 5.82 Å². The third kappa shape index (κ3) is 7.30. The Balaban J connectivity index is 1.67. The molecule has 0 radical (unpaired) electrons. The van der Waals surface area contributed by atoms with Crippen LogP contribution >= 0.6 is 0 Å². The fraction of sp³-hybridized carbons (Fsp3) is 0.267. The van der Waals surface area contributed by atoms with Crippen molar-refractivity contribution >= 4 is 22.0 Å². The van der Waals surface area contributed by atoms with E-state index in [9.17, 15) is 22.4 Å². The van der Waals surface area contributed by atoms with Crippen LogP contribution in [0.15, 0.2) is 96.0 Å². The second kappa shape index (κ2) is 13.4. The van der Waals surface area contributed by atoms with E-state index in [0.29, 0.717) is 11.5 Å². The molecule has 1 aliphatic rings. The lowest BCUT2D eigenvalue weighted by Crippen LogP contribution is -2.58. The lowest BCUT2D eigenvalue weighted by Gasteiger charge is -2.42. The Morgan fingerprint density at radius 2 is 1.54 bits per heavy atom. The van der Waals surface area contributed by atoms with Gasteiger partial charge in [0.1, 0.15) is 23.9 Å². The van der Waals surface area contributed by atoms with Gasteiger partial charge in [-0.3, -0.25) is 4.31 Å². The van der Waals surface area contributed by atoms with Gasteiger partial charge in [-0.1, -0.05) is 30.3 Å². The predicted molar refractivity (Wildman–Crippen MR) is 147 cm³/mol. The van der Waals surface area contributed by atoms with Gasteiger partial charge >= 0.3 is 11.9 Å². The molecule has 1 heterocycles. The zero-order valence-electron chi connectivity index (χ0n) is 22.4. The van der Waals surface area contributed by atoms with Crippen molar-refractivity contribution in [1.29, 1.82) is 0 Å². The highest BCUT2D eigenvalue weighted by Crippen LogP contribution is 2.36. The highest BCUT2D eigenvalue weighted by molar-refractivity contribution is 7.89. The molecule has 11 heteroatoms. The van der Waals surface area contributed by atoms with E-state index in [2.05, 4.69) is 0 Å². The summed E-state index contributed by atoms with van der Waals surface area (Å²) in [6, 6.07) is 19.9. The van der Waals surface area contributed by atoms with Crippen LogP contribution in [-0.2, 0) is 40.4 Å². The van der Waals surface area contributed by atoms with E-state index < -0.39 is 33.3 Å². The molecule has 0 N–H and O–H groups in total. The SMILES string of the molecule is CCOC(=O)C=CN(C1(C(=O)OCc2ccccc2)CCOCC1)S(=O)(=O)c1ccc(Oc2ccc(F)cc2)cc1. The van der Waals surface area contributed by atoms with Crippen LogP contribution in [0.3, 0.4) is 0 Å². The van der Waals surface area contributed by atoms with Crippen LogP contribution in [0.2, 0.25) is 0 Å². The molecule has 9 nitrogen and oxygen atoms in total. The maximum absolute atomic E-state index is 14.1. The van der Waals surface area contributed by atoms with Gasteiger partial charge in [0.25, 0.3) is 10.0 Å². The summed E-state index contributed by atoms with van der Waals surface area (Å²) < 4.78 is 64.0. The molecule has 1 fully saturated rings. The highest BCUT2D eigenvalue weighted by atomic mass is 32.2. The van der Waals surface area contributed by atoms with Gasteiger partial charge in [-0.05, 0) is 61.0 Å². The monoisotopic (exact) mass is 583 g/mol. The van der Waals surface area contributed by atoms with E-state index in [1.165, 1.54) is 48.5 Å². The van der Waals surface area contributed by atoms with Crippen LogP contribution in [0.4, 0.5) is 4.39 Å². The Morgan fingerprint density at radius 3 is 2.15 bits per heavy atom. The minimum Gasteiger partial charge on any atom is -0.463 e. The fourth-order valence-electron chi connectivity index (χ4n) is 4.28. The number of carbonyl (C=O) groups excluding carboxylic acids is 2. The van der Waals surface area contributed by atoms with Crippen LogP contribution in [0.25, 0.3) is 0 Å². The van der Waals surface area contributed by atoms with E-state index in [1.54, 1.807) is 31.2 Å². The minimum absolute atomic E-state index is 0.00121. The smallest absolute Gasteiger partial charge is 0.333 e. The summed E-state index contributed by atoms with van der Waals surface area (Å²) in [5.41, 5.74) is -0.950. The van der Waals surface area contributed by atoms with Crippen molar-refractivity contribution in [3.63, 3.8) is 0 Å². The van der Waals surface area contributed by atoms with E-state index in [0.717, 1.165) is 22.1 Å². The molecule has 4 rings (SSSR count). The van der Waals surface area contributed by atoms with Crippen LogP contribution < -0.4 is 4.74 Å². The van der Waals surface area contributed by atoms with Crippen molar-refractivity contribution in [2.75, 3.05) is 19.8 Å².